The minimum Gasteiger partial charge on any atom is -0.486 e. The molecule has 5 nitrogen and oxygen atoms in total. The Hall–Kier alpha value is -2.86. The number of fused-ring (bicyclic) bond motifs is 2. The second kappa shape index (κ2) is 6.22. The van der Waals surface area contributed by atoms with Gasteiger partial charge in [0.2, 0.25) is 0 Å². The first kappa shape index (κ1) is 15.7. The van der Waals surface area contributed by atoms with Crippen LogP contribution in [0.4, 0.5) is 4.39 Å². The number of aromatic amines is 1. The summed E-state index contributed by atoms with van der Waals surface area (Å²) in [4.78, 5) is 15.4. The van der Waals surface area contributed by atoms with Crippen LogP contribution in [0.1, 0.15) is 5.56 Å². The summed E-state index contributed by atoms with van der Waals surface area (Å²) in [5.74, 6) is 0.738. The summed E-state index contributed by atoms with van der Waals surface area (Å²) in [5.41, 5.74) is 1.48. The van der Waals surface area contributed by atoms with Crippen LogP contribution >= 0.6 is 0 Å². The summed E-state index contributed by atoms with van der Waals surface area (Å²) < 4.78 is 30.9. The summed E-state index contributed by atoms with van der Waals surface area (Å²) in [6.45, 7) is 0.968. The number of hydrogen-bond acceptors (Lipinski definition) is 4. The van der Waals surface area contributed by atoms with Gasteiger partial charge in [0, 0.05) is 29.7 Å². The lowest BCUT2D eigenvalue weighted by Crippen LogP contribution is -2.18. The minimum absolute atomic E-state index is 0.0728. The summed E-state index contributed by atoms with van der Waals surface area (Å²) >= 11 is 0. The zero-order valence-electron chi connectivity index (χ0n) is 13.6. The molecule has 1 aliphatic rings. The highest BCUT2D eigenvalue weighted by Crippen LogP contribution is 2.39. The standard InChI is InChI=1S/C19H16FNO4/c1-23-10-13-18(11-4-2-3-5-14(11)20)12-8-16-17(25-7-6-24-16)9-15(12)21-19(13)22/h2-5,8-9H,6-7,10H2,1H3,(H,21,22). The van der Waals surface area contributed by atoms with Gasteiger partial charge in [0.05, 0.1) is 17.7 Å². The number of hydrogen-bond donors (Lipinski definition) is 1. The molecule has 0 bridgehead atoms. The number of pyridine rings is 1. The summed E-state index contributed by atoms with van der Waals surface area (Å²) in [6, 6.07) is 9.87. The molecule has 0 aliphatic carbocycles. The van der Waals surface area contributed by atoms with Crippen molar-refractivity contribution in [1.82, 2.24) is 4.98 Å². The van der Waals surface area contributed by atoms with Crippen LogP contribution in [0.2, 0.25) is 0 Å². The van der Waals surface area contributed by atoms with E-state index in [2.05, 4.69) is 4.98 Å². The van der Waals surface area contributed by atoms with Crippen molar-refractivity contribution < 1.29 is 18.6 Å². The molecule has 25 heavy (non-hydrogen) atoms. The lowest BCUT2D eigenvalue weighted by molar-refractivity contribution is 0.172. The van der Waals surface area contributed by atoms with Crippen molar-refractivity contribution in [3.05, 3.63) is 58.1 Å². The molecule has 0 atom stereocenters. The van der Waals surface area contributed by atoms with Crippen molar-refractivity contribution in [3.63, 3.8) is 0 Å². The lowest BCUT2D eigenvalue weighted by Gasteiger charge is -2.20. The number of benzene rings is 2. The van der Waals surface area contributed by atoms with Crippen molar-refractivity contribution >= 4 is 10.9 Å². The molecule has 3 aromatic rings. The molecule has 4 rings (SSSR count). The van der Waals surface area contributed by atoms with Crippen molar-refractivity contribution in [3.8, 4) is 22.6 Å². The van der Waals surface area contributed by atoms with Gasteiger partial charge in [0.1, 0.15) is 19.0 Å². The van der Waals surface area contributed by atoms with E-state index >= 15 is 0 Å². The van der Waals surface area contributed by atoms with E-state index in [0.29, 0.717) is 52.3 Å². The first-order valence-electron chi connectivity index (χ1n) is 7.91. The van der Waals surface area contributed by atoms with Gasteiger partial charge in [0.25, 0.3) is 5.56 Å². The van der Waals surface area contributed by atoms with Crippen LogP contribution in [0.15, 0.2) is 41.2 Å². The third kappa shape index (κ3) is 2.64. The number of nitrogens with one attached hydrogen (secondary N) is 1. The molecule has 6 heteroatoms. The molecule has 1 N–H and O–H groups in total. The highest BCUT2D eigenvalue weighted by atomic mass is 19.1. The quantitative estimate of drug-likeness (QED) is 0.794. The largest absolute Gasteiger partial charge is 0.486 e. The third-order valence-corrected chi connectivity index (χ3v) is 4.21. The third-order valence-electron chi connectivity index (χ3n) is 4.21. The molecule has 0 saturated heterocycles. The zero-order valence-corrected chi connectivity index (χ0v) is 13.6. The van der Waals surface area contributed by atoms with E-state index < -0.39 is 5.82 Å². The van der Waals surface area contributed by atoms with E-state index in [1.165, 1.54) is 13.2 Å². The Balaban J connectivity index is 2.10. The maximum atomic E-state index is 14.5. The Morgan fingerprint density at radius 2 is 1.88 bits per heavy atom. The molecule has 0 saturated carbocycles. The van der Waals surface area contributed by atoms with Gasteiger partial charge in [-0.15, -0.1) is 0 Å². The van der Waals surface area contributed by atoms with Gasteiger partial charge >= 0.3 is 0 Å². The van der Waals surface area contributed by atoms with Crippen LogP contribution in [-0.2, 0) is 11.3 Å². The van der Waals surface area contributed by atoms with Crippen LogP contribution < -0.4 is 15.0 Å². The van der Waals surface area contributed by atoms with E-state index in [1.807, 2.05) is 0 Å². The molecule has 2 aromatic carbocycles. The normalized spacial score (nSPS) is 13.2. The van der Waals surface area contributed by atoms with Gasteiger partial charge < -0.3 is 19.2 Å². The maximum absolute atomic E-state index is 14.5. The van der Waals surface area contributed by atoms with Crippen molar-refractivity contribution in [1.29, 1.82) is 0 Å². The van der Waals surface area contributed by atoms with E-state index in [-0.39, 0.29) is 12.2 Å². The molecule has 0 unspecified atom stereocenters. The first-order chi connectivity index (χ1) is 12.2. The molecule has 1 aliphatic heterocycles. The van der Waals surface area contributed by atoms with Crippen LogP contribution in [0.3, 0.4) is 0 Å². The fourth-order valence-electron chi connectivity index (χ4n) is 3.13. The number of halogens is 1. The Morgan fingerprint density at radius 1 is 1.16 bits per heavy atom. The number of aromatic nitrogens is 1. The van der Waals surface area contributed by atoms with Crippen LogP contribution in [0.25, 0.3) is 22.0 Å². The molecule has 1 aromatic heterocycles. The van der Waals surface area contributed by atoms with Crippen molar-refractivity contribution in [2.45, 2.75) is 6.61 Å². The van der Waals surface area contributed by atoms with Crippen molar-refractivity contribution in [2.75, 3.05) is 20.3 Å². The molecule has 0 spiro atoms. The van der Waals surface area contributed by atoms with Gasteiger partial charge in [0.15, 0.2) is 11.5 Å². The Labute approximate surface area is 143 Å². The summed E-state index contributed by atoms with van der Waals surface area (Å²) in [6.07, 6.45) is 0. The molecule has 2 heterocycles. The average Bonchev–Trinajstić information content (AvgIpc) is 2.62. The van der Waals surface area contributed by atoms with E-state index in [4.69, 9.17) is 14.2 Å². The van der Waals surface area contributed by atoms with Gasteiger partial charge in [-0.2, -0.15) is 0 Å². The summed E-state index contributed by atoms with van der Waals surface area (Å²) in [7, 11) is 1.50. The second-order valence-electron chi connectivity index (χ2n) is 5.76. The Bertz CT molecular complexity index is 1010. The van der Waals surface area contributed by atoms with Gasteiger partial charge in [-0.05, 0) is 12.1 Å². The van der Waals surface area contributed by atoms with Gasteiger partial charge in [-0.3, -0.25) is 4.79 Å². The van der Waals surface area contributed by atoms with E-state index in [1.54, 1.807) is 30.3 Å². The lowest BCUT2D eigenvalue weighted by atomic mass is 9.95. The Kier molecular flexibility index (Phi) is 3.89. The fraction of sp³-hybridized carbons (Fsp3) is 0.211. The molecular weight excluding hydrogens is 325 g/mol. The fourth-order valence-corrected chi connectivity index (χ4v) is 3.13. The Morgan fingerprint density at radius 3 is 2.60 bits per heavy atom. The monoisotopic (exact) mass is 341 g/mol. The SMILES string of the molecule is COCc1c(-c2ccccc2F)c2cc3c(cc2[nH]c1=O)OCCO3. The molecule has 0 fully saturated rings. The number of rotatable bonds is 3. The van der Waals surface area contributed by atoms with Crippen LogP contribution in [0, 0.1) is 5.82 Å². The molecule has 0 radical (unpaired) electrons. The van der Waals surface area contributed by atoms with Gasteiger partial charge in [-0.25, -0.2) is 4.39 Å². The second-order valence-corrected chi connectivity index (χ2v) is 5.76. The predicted molar refractivity (Wildman–Crippen MR) is 91.7 cm³/mol. The molecule has 0 amide bonds. The number of H-pyrrole nitrogens is 1. The maximum Gasteiger partial charge on any atom is 0.254 e. The predicted octanol–water partition coefficient (Wildman–Crippen LogP) is 3.25. The average molecular weight is 341 g/mol. The summed E-state index contributed by atoms with van der Waals surface area (Å²) in [5, 5.41) is 0.681. The van der Waals surface area contributed by atoms with Crippen LogP contribution in [-0.4, -0.2) is 25.3 Å². The van der Waals surface area contributed by atoms with Gasteiger partial charge in [-0.1, -0.05) is 18.2 Å². The highest BCUT2D eigenvalue weighted by molar-refractivity contribution is 5.98. The number of methoxy groups -OCH3 is 1. The number of ether oxygens (including phenoxy) is 3. The molecule has 128 valence electrons. The van der Waals surface area contributed by atoms with E-state index in [9.17, 15) is 9.18 Å². The minimum atomic E-state index is -0.401. The first-order valence-corrected chi connectivity index (χ1v) is 7.91. The van der Waals surface area contributed by atoms with Crippen molar-refractivity contribution in [2.24, 2.45) is 0 Å². The topological polar surface area (TPSA) is 60.6 Å². The van der Waals surface area contributed by atoms with E-state index in [0.717, 1.165) is 0 Å². The molecular formula is C19H16FNO4. The van der Waals surface area contributed by atoms with Crippen LogP contribution in [0.5, 0.6) is 11.5 Å². The zero-order chi connectivity index (χ0) is 17.4. The smallest absolute Gasteiger partial charge is 0.254 e. The highest BCUT2D eigenvalue weighted by Gasteiger charge is 2.20.